The highest BCUT2D eigenvalue weighted by Crippen LogP contribution is 2.20. The van der Waals surface area contributed by atoms with Gasteiger partial charge < -0.3 is 9.88 Å². The maximum atomic E-state index is 3.80. The molecule has 2 nitrogen and oxygen atoms in total. The summed E-state index contributed by atoms with van der Waals surface area (Å²) >= 11 is 3.34. The Kier molecular flexibility index (Phi) is 4.02. The minimum absolute atomic E-state index is 0.824. The Hall–Kier alpha value is -1.06. The standard InChI is InChI=1S/C14H17BrN2/c1-11(15)9-16-8-7-12-10-17(2)14-6-4-3-5-13(12)14/h3-6,10,16H,1,7-9H2,2H3. The van der Waals surface area contributed by atoms with E-state index in [2.05, 4.69) is 69.9 Å². The molecule has 2 rings (SSSR count). The fraction of sp³-hybridized carbons (Fsp3) is 0.286. The van der Waals surface area contributed by atoms with E-state index in [0.717, 1.165) is 24.0 Å². The number of nitrogens with zero attached hydrogens (tertiary/aromatic N) is 1. The lowest BCUT2D eigenvalue weighted by Gasteiger charge is -2.02. The van der Waals surface area contributed by atoms with Crippen LogP contribution < -0.4 is 5.32 Å². The zero-order chi connectivity index (χ0) is 12.3. The van der Waals surface area contributed by atoms with E-state index in [4.69, 9.17) is 0 Å². The first-order valence-electron chi connectivity index (χ1n) is 5.75. The summed E-state index contributed by atoms with van der Waals surface area (Å²) in [5.74, 6) is 0. The lowest BCUT2D eigenvalue weighted by Crippen LogP contribution is -2.18. The Bertz CT molecular complexity index is 528. The molecule has 0 saturated heterocycles. The zero-order valence-electron chi connectivity index (χ0n) is 10.0. The first-order valence-corrected chi connectivity index (χ1v) is 6.54. The molecule has 3 heteroatoms. The number of hydrogen-bond acceptors (Lipinski definition) is 1. The van der Waals surface area contributed by atoms with Crippen LogP contribution in [-0.4, -0.2) is 17.7 Å². The quantitative estimate of drug-likeness (QED) is 0.838. The van der Waals surface area contributed by atoms with Gasteiger partial charge in [-0.3, -0.25) is 0 Å². The van der Waals surface area contributed by atoms with E-state index >= 15 is 0 Å². The lowest BCUT2D eigenvalue weighted by atomic mass is 10.1. The average Bonchev–Trinajstić information content (AvgIpc) is 2.63. The number of fused-ring (bicyclic) bond motifs is 1. The highest BCUT2D eigenvalue weighted by atomic mass is 79.9. The molecule has 0 atom stereocenters. The number of para-hydroxylation sites is 1. The molecule has 0 spiro atoms. The number of hydrogen-bond donors (Lipinski definition) is 1. The van der Waals surface area contributed by atoms with Crippen LogP contribution in [0.15, 0.2) is 41.5 Å². The Balaban J connectivity index is 2.06. The van der Waals surface area contributed by atoms with E-state index in [0.29, 0.717) is 0 Å². The summed E-state index contributed by atoms with van der Waals surface area (Å²) in [7, 11) is 2.10. The maximum Gasteiger partial charge on any atom is 0.0480 e. The molecule has 1 aromatic carbocycles. The number of rotatable bonds is 5. The van der Waals surface area contributed by atoms with Crippen molar-refractivity contribution in [2.24, 2.45) is 7.05 Å². The smallest absolute Gasteiger partial charge is 0.0480 e. The summed E-state index contributed by atoms with van der Waals surface area (Å²) in [5, 5.41) is 4.71. The van der Waals surface area contributed by atoms with Crippen molar-refractivity contribution in [2.45, 2.75) is 6.42 Å². The van der Waals surface area contributed by atoms with Gasteiger partial charge in [0.25, 0.3) is 0 Å². The summed E-state index contributed by atoms with van der Waals surface area (Å²) < 4.78 is 3.18. The van der Waals surface area contributed by atoms with Gasteiger partial charge in [0.15, 0.2) is 0 Å². The van der Waals surface area contributed by atoms with Gasteiger partial charge >= 0.3 is 0 Å². The fourth-order valence-electron chi connectivity index (χ4n) is 2.07. The van der Waals surface area contributed by atoms with Crippen LogP contribution in [0.2, 0.25) is 0 Å². The maximum absolute atomic E-state index is 3.80. The number of halogens is 1. The summed E-state index contributed by atoms with van der Waals surface area (Å²) in [6, 6.07) is 8.53. The van der Waals surface area contributed by atoms with Crippen molar-refractivity contribution in [3.8, 4) is 0 Å². The highest BCUT2D eigenvalue weighted by Gasteiger charge is 2.04. The van der Waals surface area contributed by atoms with Crippen LogP contribution in [0.3, 0.4) is 0 Å². The molecular formula is C14H17BrN2. The van der Waals surface area contributed by atoms with E-state index in [1.54, 1.807) is 0 Å². The monoisotopic (exact) mass is 292 g/mol. The van der Waals surface area contributed by atoms with Crippen LogP contribution in [0, 0.1) is 0 Å². The molecule has 17 heavy (non-hydrogen) atoms. The highest BCUT2D eigenvalue weighted by molar-refractivity contribution is 9.11. The summed E-state index contributed by atoms with van der Waals surface area (Å²) in [4.78, 5) is 0. The molecule has 0 aliphatic carbocycles. The van der Waals surface area contributed by atoms with Crippen molar-refractivity contribution in [2.75, 3.05) is 13.1 Å². The molecule has 0 aliphatic rings. The molecule has 0 bridgehead atoms. The second kappa shape index (κ2) is 5.52. The molecule has 0 aliphatic heterocycles. The topological polar surface area (TPSA) is 17.0 Å². The van der Waals surface area contributed by atoms with Crippen molar-refractivity contribution < 1.29 is 0 Å². The van der Waals surface area contributed by atoms with Gasteiger partial charge in [0, 0.05) is 35.2 Å². The third-order valence-corrected chi connectivity index (χ3v) is 3.15. The number of benzene rings is 1. The van der Waals surface area contributed by atoms with Crippen molar-refractivity contribution in [3.63, 3.8) is 0 Å². The van der Waals surface area contributed by atoms with Crippen LogP contribution in [0.1, 0.15) is 5.56 Å². The fourth-order valence-corrected chi connectivity index (χ4v) is 2.27. The van der Waals surface area contributed by atoms with Crippen LogP contribution in [0.4, 0.5) is 0 Å². The molecule has 1 aromatic heterocycles. The minimum Gasteiger partial charge on any atom is -0.350 e. The molecule has 2 aromatic rings. The SMILES string of the molecule is C=C(Br)CNCCc1cn(C)c2ccccc12. The predicted octanol–water partition coefficient (Wildman–Crippen LogP) is 3.22. The van der Waals surface area contributed by atoms with E-state index in [1.165, 1.54) is 16.5 Å². The Labute approximate surface area is 110 Å². The first-order chi connectivity index (χ1) is 8.18. The molecule has 0 saturated carbocycles. The number of aryl methyl sites for hydroxylation is 1. The van der Waals surface area contributed by atoms with Gasteiger partial charge in [-0.2, -0.15) is 0 Å². The van der Waals surface area contributed by atoms with Gasteiger partial charge in [0.1, 0.15) is 0 Å². The van der Waals surface area contributed by atoms with Crippen LogP contribution in [-0.2, 0) is 13.5 Å². The van der Waals surface area contributed by atoms with Crippen LogP contribution >= 0.6 is 15.9 Å². The predicted molar refractivity (Wildman–Crippen MR) is 77.6 cm³/mol. The molecule has 1 heterocycles. The third kappa shape index (κ3) is 2.99. The zero-order valence-corrected chi connectivity index (χ0v) is 11.6. The normalized spacial score (nSPS) is 10.9. The van der Waals surface area contributed by atoms with E-state index in [-0.39, 0.29) is 0 Å². The molecular weight excluding hydrogens is 276 g/mol. The molecule has 90 valence electrons. The van der Waals surface area contributed by atoms with Gasteiger partial charge in [-0.05, 0) is 24.6 Å². The Morgan fingerprint density at radius 2 is 2.18 bits per heavy atom. The largest absolute Gasteiger partial charge is 0.350 e. The molecule has 0 unspecified atom stereocenters. The van der Waals surface area contributed by atoms with Gasteiger partial charge in [0.2, 0.25) is 0 Å². The second-order valence-electron chi connectivity index (χ2n) is 4.23. The molecule has 0 radical (unpaired) electrons. The Morgan fingerprint density at radius 3 is 2.94 bits per heavy atom. The Morgan fingerprint density at radius 1 is 1.41 bits per heavy atom. The summed E-state index contributed by atoms with van der Waals surface area (Å²) in [6.45, 7) is 5.60. The number of nitrogens with one attached hydrogen (secondary N) is 1. The third-order valence-electron chi connectivity index (χ3n) is 2.87. The van der Waals surface area contributed by atoms with Crippen molar-refractivity contribution in [1.82, 2.24) is 9.88 Å². The molecule has 0 amide bonds. The van der Waals surface area contributed by atoms with Gasteiger partial charge in [-0.25, -0.2) is 0 Å². The first kappa shape index (κ1) is 12.4. The molecule has 0 fully saturated rings. The number of aromatic nitrogens is 1. The van der Waals surface area contributed by atoms with Gasteiger partial charge in [0.05, 0.1) is 0 Å². The summed E-state index contributed by atoms with van der Waals surface area (Å²) in [5.41, 5.74) is 2.70. The van der Waals surface area contributed by atoms with Crippen molar-refractivity contribution >= 4 is 26.8 Å². The molecule has 1 N–H and O–H groups in total. The van der Waals surface area contributed by atoms with Crippen LogP contribution in [0.5, 0.6) is 0 Å². The van der Waals surface area contributed by atoms with Crippen molar-refractivity contribution in [1.29, 1.82) is 0 Å². The summed E-state index contributed by atoms with van der Waals surface area (Å²) in [6.07, 6.45) is 3.26. The van der Waals surface area contributed by atoms with Crippen molar-refractivity contribution in [3.05, 3.63) is 47.1 Å². The van der Waals surface area contributed by atoms with Gasteiger partial charge in [-0.15, -0.1) is 0 Å². The lowest BCUT2D eigenvalue weighted by molar-refractivity contribution is 0.742. The van der Waals surface area contributed by atoms with E-state index in [1.807, 2.05) is 0 Å². The van der Waals surface area contributed by atoms with Crippen LogP contribution in [0.25, 0.3) is 10.9 Å². The average molecular weight is 293 g/mol. The van der Waals surface area contributed by atoms with Gasteiger partial charge in [-0.1, -0.05) is 40.7 Å². The minimum atomic E-state index is 0.824. The van der Waals surface area contributed by atoms with E-state index in [9.17, 15) is 0 Å². The second-order valence-corrected chi connectivity index (χ2v) is 5.35. The van der Waals surface area contributed by atoms with E-state index < -0.39 is 0 Å².